The first-order chi connectivity index (χ1) is 11.8. The molecule has 0 bridgehead atoms. The molecule has 0 radical (unpaired) electrons. The van der Waals surface area contributed by atoms with E-state index in [0.29, 0.717) is 29.7 Å². The number of amides is 1. The summed E-state index contributed by atoms with van der Waals surface area (Å²) in [5, 5.41) is 11.1. The van der Waals surface area contributed by atoms with E-state index in [2.05, 4.69) is 20.5 Å². The van der Waals surface area contributed by atoms with Crippen molar-refractivity contribution in [2.24, 2.45) is 0 Å². The van der Waals surface area contributed by atoms with E-state index in [1.54, 1.807) is 23.4 Å². The van der Waals surface area contributed by atoms with Crippen molar-refractivity contribution in [1.82, 2.24) is 20.1 Å². The van der Waals surface area contributed by atoms with Crippen LogP contribution in [0.1, 0.15) is 33.6 Å². The highest BCUT2D eigenvalue weighted by Crippen LogP contribution is 2.21. The summed E-state index contributed by atoms with van der Waals surface area (Å²) in [5.41, 5.74) is -0.762. The lowest BCUT2D eigenvalue weighted by atomic mass is 10.1. The van der Waals surface area contributed by atoms with E-state index in [9.17, 15) is 9.59 Å². The number of rotatable bonds is 2. The minimum atomic E-state index is -0.514. The van der Waals surface area contributed by atoms with Crippen LogP contribution in [-0.4, -0.2) is 50.9 Å². The minimum Gasteiger partial charge on any atom is -0.444 e. The molecule has 8 heteroatoms. The molecule has 134 valence electrons. The number of nitrogens with one attached hydrogen (secondary N) is 2. The second kappa shape index (κ2) is 6.70. The number of likely N-dealkylation sites (tertiary alicyclic amines) is 1. The van der Waals surface area contributed by atoms with Crippen LogP contribution in [-0.2, 0) is 4.74 Å². The molecule has 0 spiro atoms. The van der Waals surface area contributed by atoms with E-state index < -0.39 is 5.60 Å². The monoisotopic (exact) mass is 345 g/mol. The van der Waals surface area contributed by atoms with Gasteiger partial charge in [-0.25, -0.2) is 9.89 Å². The lowest BCUT2D eigenvalue weighted by Crippen LogP contribution is -2.47. The molecule has 2 N–H and O–H groups in total. The van der Waals surface area contributed by atoms with E-state index in [4.69, 9.17) is 4.74 Å². The number of ether oxygens (including phenoxy) is 1. The lowest BCUT2D eigenvalue weighted by Gasteiger charge is -2.34. The zero-order valence-corrected chi connectivity index (χ0v) is 14.7. The topological polar surface area (TPSA) is 100 Å². The van der Waals surface area contributed by atoms with Gasteiger partial charge in [-0.2, -0.15) is 5.10 Å². The van der Waals surface area contributed by atoms with Crippen molar-refractivity contribution in [3.05, 3.63) is 28.8 Å². The average Bonchev–Trinajstić information content (AvgIpc) is 2.56. The third kappa shape index (κ3) is 4.07. The molecule has 1 atom stereocenters. The highest BCUT2D eigenvalue weighted by molar-refractivity contribution is 5.90. The Labute approximate surface area is 145 Å². The fourth-order valence-corrected chi connectivity index (χ4v) is 2.90. The van der Waals surface area contributed by atoms with E-state index >= 15 is 0 Å². The van der Waals surface area contributed by atoms with Crippen molar-refractivity contribution in [3.63, 3.8) is 0 Å². The number of H-pyrrole nitrogens is 1. The summed E-state index contributed by atoms with van der Waals surface area (Å²) in [6.45, 7) is 6.77. The standard InChI is InChI=1S/C17H23N5O3/c1-17(2,3)25-16(24)22-8-4-5-11(10-22)19-14-13-9-18-7-6-12(13)15(23)21-20-14/h6-7,9,11H,4-5,8,10H2,1-3H3,(H,19,20)(H,21,23)/t11-/m1/s1. The van der Waals surface area contributed by atoms with Gasteiger partial charge in [0.15, 0.2) is 5.82 Å². The molecule has 0 aromatic carbocycles. The smallest absolute Gasteiger partial charge is 0.410 e. The number of pyridine rings is 1. The van der Waals surface area contributed by atoms with E-state index in [-0.39, 0.29) is 17.7 Å². The number of aromatic nitrogens is 3. The summed E-state index contributed by atoms with van der Waals surface area (Å²) < 4.78 is 5.45. The molecule has 0 unspecified atom stereocenters. The maximum absolute atomic E-state index is 12.3. The highest BCUT2D eigenvalue weighted by Gasteiger charge is 2.28. The van der Waals surface area contributed by atoms with E-state index in [1.165, 1.54) is 0 Å². The molecule has 2 aromatic heterocycles. The number of piperidine rings is 1. The Morgan fingerprint density at radius 1 is 1.40 bits per heavy atom. The maximum Gasteiger partial charge on any atom is 0.410 e. The van der Waals surface area contributed by atoms with Crippen LogP contribution in [0.15, 0.2) is 23.3 Å². The lowest BCUT2D eigenvalue weighted by molar-refractivity contribution is 0.0206. The summed E-state index contributed by atoms with van der Waals surface area (Å²) in [6, 6.07) is 1.69. The number of hydrogen-bond donors (Lipinski definition) is 2. The number of anilines is 1. The molecule has 1 aliphatic heterocycles. The Kier molecular flexibility index (Phi) is 4.61. The molecule has 0 saturated carbocycles. The Bertz CT molecular complexity index is 827. The zero-order chi connectivity index (χ0) is 18.0. The summed E-state index contributed by atoms with van der Waals surface area (Å²) in [5.74, 6) is 0.568. The van der Waals surface area contributed by atoms with Crippen LogP contribution >= 0.6 is 0 Å². The molecule has 8 nitrogen and oxygen atoms in total. The molecular formula is C17H23N5O3. The van der Waals surface area contributed by atoms with Gasteiger partial charge >= 0.3 is 6.09 Å². The van der Waals surface area contributed by atoms with Crippen LogP contribution in [0.2, 0.25) is 0 Å². The highest BCUT2D eigenvalue weighted by atomic mass is 16.6. The molecule has 1 amide bonds. The largest absolute Gasteiger partial charge is 0.444 e. The predicted octanol–water partition coefficient (Wildman–Crippen LogP) is 2.13. The first kappa shape index (κ1) is 17.2. The van der Waals surface area contributed by atoms with Gasteiger partial charge in [0.1, 0.15) is 5.60 Å². The second-order valence-corrected chi connectivity index (χ2v) is 7.23. The van der Waals surface area contributed by atoms with Crippen LogP contribution in [0.25, 0.3) is 10.8 Å². The maximum atomic E-state index is 12.3. The van der Waals surface area contributed by atoms with Gasteiger partial charge in [-0.1, -0.05) is 0 Å². The van der Waals surface area contributed by atoms with Crippen LogP contribution in [0.3, 0.4) is 0 Å². The predicted molar refractivity (Wildman–Crippen MR) is 94.6 cm³/mol. The Morgan fingerprint density at radius 3 is 2.96 bits per heavy atom. The summed E-state index contributed by atoms with van der Waals surface area (Å²) >= 11 is 0. The Morgan fingerprint density at radius 2 is 2.20 bits per heavy atom. The summed E-state index contributed by atoms with van der Waals surface area (Å²) in [7, 11) is 0. The van der Waals surface area contributed by atoms with E-state index in [0.717, 1.165) is 12.8 Å². The second-order valence-electron chi connectivity index (χ2n) is 7.23. The first-order valence-electron chi connectivity index (χ1n) is 8.40. The third-order valence-corrected chi connectivity index (χ3v) is 4.00. The van der Waals surface area contributed by atoms with E-state index in [1.807, 2.05) is 20.8 Å². The van der Waals surface area contributed by atoms with Gasteiger partial charge in [-0.05, 0) is 39.7 Å². The Balaban J connectivity index is 1.74. The molecule has 3 heterocycles. The van der Waals surface area contributed by atoms with Crippen LogP contribution in [0.5, 0.6) is 0 Å². The SMILES string of the molecule is CC(C)(C)OC(=O)N1CCC[C@@H](Nc2n[nH]c(=O)c3ccncc23)C1. The molecule has 0 aliphatic carbocycles. The quantitative estimate of drug-likeness (QED) is 0.865. The number of nitrogens with zero attached hydrogens (tertiary/aromatic N) is 3. The molecule has 3 rings (SSSR count). The van der Waals surface area contributed by atoms with Crippen molar-refractivity contribution in [2.45, 2.75) is 45.3 Å². The van der Waals surface area contributed by atoms with Gasteiger partial charge in [-0.15, -0.1) is 0 Å². The third-order valence-electron chi connectivity index (χ3n) is 4.00. The van der Waals surface area contributed by atoms with Crippen molar-refractivity contribution >= 4 is 22.7 Å². The van der Waals surface area contributed by atoms with Crippen LogP contribution < -0.4 is 10.9 Å². The van der Waals surface area contributed by atoms with Gasteiger partial charge < -0.3 is 15.0 Å². The number of carbonyl (C=O) groups is 1. The van der Waals surface area contributed by atoms with Gasteiger partial charge in [-0.3, -0.25) is 9.78 Å². The molecule has 25 heavy (non-hydrogen) atoms. The van der Waals surface area contributed by atoms with Crippen LogP contribution in [0.4, 0.5) is 10.6 Å². The van der Waals surface area contributed by atoms with Gasteiger partial charge in [0.2, 0.25) is 0 Å². The fourth-order valence-electron chi connectivity index (χ4n) is 2.90. The fraction of sp³-hybridized carbons (Fsp3) is 0.529. The van der Waals surface area contributed by atoms with Crippen LogP contribution in [0, 0.1) is 0 Å². The molecule has 2 aromatic rings. The number of carbonyl (C=O) groups excluding carboxylic acids is 1. The minimum absolute atomic E-state index is 0.0306. The normalized spacial score (nSPS) is 18.2. The first-order valence-corrected chi connectivity index (χ1v) is 8.40. The molecule has 1 saturated heterocycles. The summed E-state index contributed by atoms with van der Waals surface area (Å²) in [6.07, 6.45) is 4.67. The Hall–Kier alpha value is -2.64. The van der Waals surface area contributed by atoms with Crippen molar-refractivity contribution in [2.75, 3.05) is 18.4 Å². The van der Waals surface area contributed by atoms with Gasteiger partial charge in [0.05, 0.1) is 5.39 Å². The number of aromatic amines is 1. The molecular weight excluding hydrogens is 322 g/mol. The van der Waals surface area contributed by atoms with Crippen molar-refractivity contribution in [1.29, 1.82) is 0 Å². The van der Waals surface area contributed by atoms with Crippen molar-refractivity contribution in [3.8, 4) is 0 Å². The van der Waals surface area contributed by atoms with Gasteiger partial charge in [0.25, 0.3) is 5.56 Å². The number of fused-ring (bicyclic) bond motifs is 1. The molecule has 1 aliphatic rings. The molecule has 1 fully saturated rings. The van der Waals surface area contributed by atoms with Crippen molar-refractivity contribution < 1.29 is 9.53 Å². The van der Waals surface area contributed by atoms with Gasteiger partial charge in [0, 0.05) is 36.9 Å². The zero-order valence-electron chi connectivity index (χ0n) is 14.7. The average molecular weight is 345 g/mol. The summed E-state index contributed by atoms with van der Waals surface area (Å²) in [4.78, 5) is 29.9. The number of hydrogen-bond acceptors (Lipinski definition) is 6.